The Labute approximate surface area is 467 Å². The number of hydrogen-bond acceptors (Lipinski definition) is 6. The van der Waals surface area contributed by atoms with Crippen molar-refractivity contribution in [3.63, 3.8) is 0 Å². The lowest BCUT2D eigenvalue weighted by Gasteiger charge is -2.18. The first-order chi connectivity index (χ1) is 37.5. The van der Waals surface area contributed by atoms with E-state index in [0.29, 0.717) is 19.3 Å². The summed E-state index contributed by atoms with van der Waals surface area (Å²) in [6, 6.07) is 0. The molecule has 1 atom stereocenters. The highest BCUT2D eigenvalue weighted by Gasteiger charge is 2.19. The van der Waals surface area contributed by atoms with Crippen molar-refractivity contribution in [1.29, 1.82) is 0 Å². The highest BCUT2D eigenvalue weighted by atomic mass is 16.6. The molecule has 0 aromatic heterocycles. The Balaban J connectivity index is 4.43. The summed E-state index contributed by atoms with van der Waals surface area (Å²) >= 11 is 0. The molecule has 0 aromatic rings. The number of hydrogen-bond donors (Lipinski definition) is 0. The maximum absolute atomic E-state index is 12.9. The summed E-state index contributed by atoms with van der Waals surface area (Å²) in [4.78, 5) is 38.2. The van der Waals surface area contributed by atoms with E-state index in [2.05, 4.69) is 167 Å². The molecule has 0 radical (unpaired) electrons. The highest BCUT2D eigenvalue weighted by Crippen LogP contribution is 2.14. The third-order valence-corrected chi connectivity index (χ3v) is 12.6. The van der Waals surface area contributed by atoms with Gasteiger partial charge in [0.15, 0.2) is 6.10 Å². The van der Waals surface area contributed by atoms with Gasteiger partial charge < -0.3 is 14.2 Å². The third kappa shape index (κ3) is 60.2. The first kappa shape index (κ1) is 71.3. The van der Waals surface area contributed by atoms with Crippen molar-refractivity contribution in [3.05, 3.63) is 146 Å². The van der Waals surface area contributed by atoms with Gasteiger partial charge in [-0.15, -0.1) is 0 Å². The molecule has 0 aliphatic carbocycles. The van der Waals surface area contributed by atoms with Gasteiger partial charge in [-0.3, -0.25) is 14.4 Å². The molecule has 0 spiro atoms. The van der Waals surface area contributed by atoms with Gasteiger partial charge in [0.25, 0.3) is 0 Å². The maximum Gasteiger partial charge on any atom is 0.306 e. The first-order valence-electron chi connectivity index (χ1n) is 30.8. The van der Waals surface area contributed by atoms with Gasteiger partial charge in [-0.2, -0.15) is 0 Å². The van der Waals surface area contributed by atoms with Crippen molar-refractivity contribution in [3.8, 4) is 0 Å². The van der Waals surface area contributed by atoms with Gasteiger partial charge in [0.05, 0.1) is 0 Å². The second-order valence-electron chi connectivity index (χ2n) is 19.8. The van der Waals surface area contributed by atoms with Crippen LogP contribution in [0.1, 0.15) is 258 Å². The predicted octanol–water partition coefficient (Wildman–Crippen LogP) is 21.2. The van der Waals surface area contributed by atoms with Crippen molar-refractivity contribution in [2.24, 2.45) is 0 Å². The van der Waals surface area contributed by atoms with Gasteiger partial charge in [-0.1, -0.05) is 244 Å². The van der Waals surface area contributed by atoms with Crippen molar-refractivity contribution in [1.82, 2.24) is 0 Å². The molecule has 428 valence electrons. The summed E-state index contributed by atoms with van der Waals surface area (Å²) in [5.41, 5.74) is 0. The van der Waals surface area contributed by atoms with E-state index in [9.17, 15) is 14.4 Å². The van der Waals surface area contributed by atoms with Crippen LogP contribution in [0, 0.1) is 0 Å². The van der Waals surface area contributed by atoms with Crippen LogP contribution < -0.4 is 0 Å². The fourth-order valence-electron chi connectivity index (χ4n) is 8.00. The largest absolute Gasteiger partial charge is 0.462 e. The number of ether oxygens (including phenoxy) is 3. The summed E-state index contributed by atoms with van der Waals surface area (Å²) in [6.07, 6.45) is 89.9. The molecule has 0 rings (SSSR count). The van der Waals surface area contributed by atoms with Gasteiger partial charge in [0.1, 0.15) is 13.2 Å². The lowest BCUT2D eigenvalue weighted by Crippen LogP contribution is -2.30. The predicted molar refractivity (Wildman–Crippen MR) is 329 cm³/mol. The molecule has 0 fully saturated rings. The Hall–Kier alpha value is -4.71. The number of allylic oxidation sites excluding steroid dienone is 24. The summed E-state index contributed by atoms with van der Waals surface area (Å²) in [5.74, 6) is -0.964. The molecule has 0 saturated heterocycles. The lowest BCUT2D eigenvalue weighted by molar-refractivity contribution is -0.167. The molecule has 0 aliphatic rings. The number of unbranched alkanes of at least 4 members (excludes halogenated alkanes) is 19. The molecule has 0 aliphatic heterocycles. The number of rotatable bonds is 54. The van der Waals surface area contributed by atoms with Crippen molar-refractivity contribution in [2.45, 2.75) is 264 Å². The van der Waals surface area contributed by atoms with Gasteiger partial charge >= 0.3 is 17.9 Å². The fourth-order valence-corrected chi connectivity index (χ4v) is 8.00. The van der Waals surface area contributed by atoms with Gasteiger partial charge in [-0.25, -0.2) is 0 Å². The van der Waals surface area contributed by atoms with Crippen LogP contribution in [0.15, 0.2) is 146 Å². The zero-order chi connectivity index (χ0) is 55.0. The lowest BCUT2D eigenvalue weighted by atomic mass is 10.1. The molecule has 0 heterocycles. The summed E-state index contributed by atoms with van der Waals surface area (Å²) < 4.78 is 16.8. The molecule has 76 heavy (non-hydrogen) atoms. The van der Waals surface area contributed by atoms with E-state index in [1.165, 1.54) is 57.8 Å². The molecule has 0 bridgehead atoms. The molecule has 6 heteroatoms. The zero-order valence-corrected chi connectivity index (χ0v) is 49.0. The molecule has 1 unspecified atom stereocenters. The Bertz CT molecular complexity index is 1680. The monoisotopic (exact) mass is 1050 g/mol. The summed E-state index contributed by atoms with van der Waals surface area (Å²) in [6.45, 7) is 6.34. The van der Waals surface area contributed by atoms with Crippen LogP contribution in [0.2, 0.25) is 0 Å². The quantitative estimate of drug-likeness (QED) is 0.0261. The average Bonchev–Trinajstić information content (AvgIpc) is 3.42. The first-order valence-corrected chi connectivity index (χ1v) is 30.8. The second kappa shape index (κ2) is 62.8. The highest BCUT2D eigenvalue weighted by molar-refractivity contribution is 5.71. The van der Waals surface area contributed by atoms with E-state index < -0.39 is 6.10 Å². The Morgan fingerprint density at radius 1 is 0.276 bits per heavy atom. The van der Waals surface area contributed by atoms with Crippen LogP contribution in [-0.4, -0.2) is 37.2 Å². The Morgan fingerprint density at radius 2 is 0.513 bits per heavy atom. The minimum Gasteiger partial charge on any atom is -0.462 e. The van der Waals surface area contributed by atoms with Gasteiger partial charge in [0.2, 0.25) is 0 Å². The molecular formula is C70H112O6. The van der Waals surface area contributed by atoms with Crippen LogP contribution in [0.5, 0.6) is 0 Å². The minimum atomic E-state index is -0.810. The standard InChI is InChI=1S/C70H112O6/c1-4-7-10-13-16-19-22-25-27-29-31-32-33-34-35-36-37-38-39-41-42-45-48-51-54-57-60-63-69(72)75-66-67(65-74-68(71)62-59-56-53-50-47-44-24-21-18-15-12-9-6-3)76-70(73)64-61-58-55-52-49-46-43-40-30-28-26-23-20-17-14-11-8-5-2/h7,9-10,12,16,18-21,23,25,27-28,30-32,34-35,37-38,41-42,44,47,67H,4-6,8,11,13-15,17,22,24,26,29,33,36,39-40,43,45-46,48-66H2,1-3H3/b10-7-,12-9-,19-16-,21-18-,23-20-,27-25-,30-28-,32-31-,35-34-,38-37-,42-41-,47-44-. The number of esters is 3. The smallest absolute Gasteiger partial charge is 0.306 e. The van der Waals surface area contributed by atoms with E-state index in [-0.39, 0.29) is 31.1 Å². The van der Waals surface area contributed by atoms with E-state index in [1.807, 2.05) is 0 Å². The van der Waals surface area contributed by atoms with Gasteiger partial charge in [-0.05, 0) is 141 Å². The normalized spacial score (nSPS) is 13.1. The van der Waals surface area contributed by atoms with E-state index in [1.54, 1.807) is 0 Å². The number of carbonyl (C=O) groups excluding carboxylic acids is 3. The molecule has 0 amide bonds. The molecular weight excluding hydrogens is 937 g/mol. The average molecular weight is 1050 g/mol. The SMILES string of the molecule is CC/C=C\C/C=C\C/C=C\C/C=C\C/C=C\C/C=C\C/C=C\CCCCCCCC(=O)OCC(COC(=O)CCCCC/C=C\C/C=C\C/C=C\CC)OC(=O)CCCCCCCCC/C=C\C/C=C\CCCCCC. The minimum absolute atomic E-state index is 0.106. The number of carbonyl (C=O) groups is 3. The second-order valence-corrected chi connectivity index (χ2v) is 19.8. The topological polar surface area (TPSA) is 78.9 Å². The van der Waals surface area contributed by atoms with E-state index in [4.69, 9.17) is 14.2 Å². The zero-order valence-electron chi connectivity index (χ0n) is 49.0. The van der Waals surface area contributed by atoms with E-state index >= 15 is 0 Å². The van der Waals surface area contributed by atoms with Crippen molar-refractivity contribution in [2.75, 3.05) is 13.2 Å². The fraction of sp³-hybridized carbons (Fsp3) is 0.614. The maximum atomic E-state index is 12.9. The Kier molecular flexibility index (Phi) is 58.9. The van der Waals surface area contributed by atoms with Crippen molar-refractivity contribution >= 4 is 17.9 Å². The van der Waals surface area contributed by atoms with Crippen LogP contribution in [0.3, 0.4) is 0 Å². The van der Waals surface area contributed by atoms with Crippen LogP contribution in [-0.2, 0) is 28.6 Å². The Morgan fingerprint density at radius 3 is 0.816 bits per heavy atom. The molecule has 0 aromatic carbocycles. The van der Waals surface area contributed by atoms with Crippen LogP contribution >= 0.6 is 0 Å². The third-order valence-electron chi connectivity index (χ3n) is 12.6. The van der Waals surface area contributed by atoms with Gasteiger partial charge in [0, 0.05) is 19.3 Å². The van der Waals surface area contributed by atoms with E-state index in [0.717, 1.165) is 161 Å². The molecule has 6 nitrogen and oxygen atoms in total. The van der Waals surface area contributed by atoms with Crippen LogP contribution in [0.4, 0.5) is 0 Å². The summed E-state index contributed by atoms with van der Waals surface area (Å²) in [7, 11) is 0. The van der Waals surface area contributed by atoms with Crippen LogP contribution in [0.25, 0.3) is 0 Å². The molecule has 0 saturated carbocycles. The summed E-state index contributed by atoms with van der Waals surface area (Å²) in [5, 5.41) is 0. The molecule has 0 N–H and O–H groups in total. The van der Waals surface area contributed by atoms with Crippen molar-refractivity contribution < 1.29 is 28.6 Å².